The third kappa shape index (κ3) is 2.96. The highest BCUT2D eigenvalue weighted by Gasteiger charge is 2.24. The Morgan fingerprint density at radius 1 is 1.19 bits per heavy atom. The summed E-state index contributed by atoms with van der Waals surface area (Å²) in [6, 6.07) is 8.13. The molecule has 0 aliphatic carbocycles. The van der Waals surface area contributed by atoms with Crippen LogP contribution in [0, 0.1) is 0 Å². The molecule has 1 fully saturated rings. The van der Waals surface area contributed by atoms with Gasteiger partial charge in [-0.05, 0) is 11.6 Å². The lowest BCUT2D eigenvalue weighted by Crippen LogP contribution is -2.50. The van der Waals surface area contributed by atoms with Gasteiger partial charge in [0.05, 0.1) is 6.42 Å². The molecule has 3 aromatic rings. The summed E-state index contributed by atoms with van der Waals surface area (Å²) in [5, 5.41) is 1.13. The van der Waals surface area contributed by atoms with Gasteiger partial charge in [0.25, 0.3) is 5.56 Å². The van der Waals surface area contributed by atoms with Gasteiger partial charge >= 0.3 is 0 Å². The summed E-state index contributed by atoms with van der Waals surface area (Å²) in [4.78, 5) is 35.2. The second-order valence-corrected chi connectivity index (χ2v) is 6.57. The van der Waals surface area contributed by atoms with Crippen molar-refractivity contribution in [2.45, 2.75) is 6.42 Å². The molecule has 1 saturated heterocycles. The Morgan fingerprint density at radius 3 is 2.73 bits per heavy atom. The number of hydrogen-bond acceptors (Lipinski definition) is 4. The van der Waals surface area contributed by atoms with Crippen molar-refractivity contribution in [2.75, 3.05) is 31.1 Å². The van der Waals surface area contributed by atoms with E-state index in [2.05, 4.69) is 26.7 Å². The summed E-state index contributed by atoms with van der Waals surface area (Å²) in [7, 11) is 2.00. The number of para-hydroxylation sites is 1. The maximum atomic E-state index is 12.7. The Kier molecular flexibility index (Phi) is 4.20. The van der Waals surface area contributed by atoms with Crippen molar-refractivity contribution in [3.63, 3.8) is 0 Å². The number of nitrogens with one attached hydrogen (secondary N) is 1. The first kappa shape index (κ1) is 16.4. The highest BCUT2D eigenvalue weighted by atomic mass is 16.2. The minimum absolute atomic E-state index is 0.121. The number of piperazine rings is 1. The average Bonchev–Trinajstić information content (AvgIpc) is 2.98. The summed E-state index contributed by atoms with van der Waals surface area (Å²) >= 11 is 0. The molecule has 3 heterocycles. The Morgan fingerprint density at radius 2 is 1.96 bits per heavy atom. The van der Waals surface area contributed by atoms with Crippen LogP contribution in [0.1, 0.15) is 5.56 Å². The zero-order valence-corrected chi connectivity index (χ0v) is 14.7. The molecule has 1 aliphatic heterocycles. The third-order valence-electron chi connectivity index (χ3n) is 4.94. The van der Waals surface area contributed by atoms with Gasteiger partial charge < -0.3 is 19.4 Å². The number of carbonyl (C=O) groups excluding carboxylic acids is 1. The first-order valence-electron chi connectivity index (χ1n) is 8.73. The highest BCUT2D eigenvalue weighted by molar-refractivity contribution is 5.89. The molecule has 1 N–H and O–H groups in total. The van der Waals surface area contributed by atoms with Gasteiger partial charge in [-0.25, -0.2) is 4.98 Å². The van der Waals surface area contributed by atoms with E-state index in [0.29, 0.717) is 38.4 Å². The van der Waals surface area contributed by atoms with E-state index >= 15 is 0 Å². The molecule has 1 amide bonds. The molecule has 1 aliphatic rings. The molecule has 134 valence electrons. The van der Waals surface area contributed by atoms with Crippen LogP contribution in [-0.4, -0.2) is 51.5 Å². The van der Waals surface area contributed by atoms with Crippen molar-refractivity contribution in [3.8, 4) is 0 Å². The monoisotopic (exact) mass is 351 g/mol. The molecule has 7 heteroatoms. The second kappa shape index (κ2) is 6.67. The number of carbonyl (C=O) groups is 1. The van der Waals surface area contributed by atoms with Gasteiger partial charge in [-0.3, -0.25) is 9.59 Å². The molecule has 1 aromatic carbocycles. The standard InChI is InChI=1S/C19H21N5O2/c1-22-13-14(15-4-2-3-5-16(15)22)12-17(25)23-8-10-24(11-9-23)18-19(26)21-7-6-20-18/h2-7,13H,8-12H2,1H3,(H,21,26). The van der Waals surface area contributed by atoms with Crippen LogP contribution in [0.4, 0.5) is 5.82 Å². The summed E-state index contributed by atoms with van der Waals surface area (Å²) < 4.78 is 2.06. The number of aromatic nitrogens is 3. The van der Waals surface area contributed by atoms with Gasteiger partial charge in [0, 0.05) is 62.7 Å². The molecule has 4 rings (SSSR count). The van der Waals surface area contributed by atoms with Crippen LogP contribution in [-0.2, 0) is 18.3 Å². The summed E-state index contributed by atoms with van der Waals surface area (Å²) in [5.41, 5.74) is 1.99. The van der Waals surface area contributed by atoms with Crippen LogP contribution >= 0.6 is 0 Å². The number of rotatable bonds is 3. The Labute approximate surface area is 150 Å². The van der Waals surface area contributed by atoms with Gasteiger partial charge in [0.1, 0.15) is 0 Å². The van der Waals surface area contributed by atoms with Crippen LogP contribution in [0.3, 0.4) is 0 Å². The highest BCUT2D eigenvalue weighted by Crippen LogP contribution is 2.21. The van der Waals surface area contributed by atoms with Crippen molar-refractivity contribution >= 4 is 22.6 Å². The fourth-order valence-electron chi connectivity index (χ4n) is 3.58. The van der Waals surface area contributed by atoms with E-state index in [-0.39, 0.29) is 11.5 Å². The van der Waals surface area contributed by atoms with Crippen molar-refractivity contribution in [1.82, 2.24) is 19.4 Å². The predicted octanol–water partition coefficient (Wildman–Crippen LogP) is 1.15. The molecule has 0 radical (unpaired) electrons. The van der Waals surface area contributed by atoms with Gasteiger partial charge in [-0.1, -0.05) is 18.2 Å². The van der Waals surface area contributed by atoms with Crippen molar-refractivity contribution in [3.05, 3.63) is 58.8 Å². The first-order valence-corrected chi connectivity index (χ1v) is 8.73. The Balaban J connectivity index is 1.44. The molecule has 0 unspecified atom stereocenters. The van der Waals surface area contributed by atoms with E-state index in [9.17, 15) is 9.59 Å². The van der Waals surface area contributed by atoms with Crippen LogP contribution in [0.2, 0.25) is 0 Å². The maximum absolute atomic E-state index is 12.7. The van der Waals surface area contributed by atoms with Crippen LogP contribution in [0.15, 0.2) is 47.7 Å². The molecular formula is C19H21N5O2. The van der Waals surface area contributed by atoms with Crippen molar-refractivity contribution in [2.24, 2.45) is 7.05 Å². The number of fused-ring (bicyclic) bond motifs is 1. The molecule has 0 spiro atoms. The number of amides is 1. The quantitative estimate of drug-likeness (QED) is 0.768. The van der Waals surface area contributed by atoms with Gasteiger partial charge in [-0.2, -0.15) is 0 Å². The summed E-state index contributed by atoms with van der Waals surface area (Å²) in [6.45, 7) is 2.42. The average molecular weight is 351 g/mol. The summed E-state index contributed by atoms with van der Waals surface area (Å²) in [6.07, 6.45) is 5.53. The second-order valence-electron chi connectivity index (χ2n) is 6.57. The number of benzene rings is 1. The van der Waals surface area contributed by atoms with E-state index in [1.165, 1.54) is 6.20 Å². The van der Waals surface area contributed by atoms with E-state index in [1.54, 1.807) is 6.20 Å². The molecule has 0 atom stereocenters. The zero-order valence-electron chi connectivity index (χ0n) is 14.7. The van der Waals surface area contributed by atoms with Crippen LogP contribution in [0.25, 0.3) is 10.9 Å². The van der Waals surface area contributed by atoms with E-state index < -0.39 is 0 Å². The first-order chi connectivity index (χ1) is 12.6. The fourth-order valence-corrected chi connectivity index (χ4v) is 3.58. The number of hydrogen-bond donors (Lipinski definition) is 1. The van der Waals surface area contributed by atoms with Crippen molar-refractivity contribution < 1.29 is 4.79 Å². The predicted molar refractivity (Wildman–Crippen MR) is 100 cm³/mol. The van der Waals surface area contributed by atoms with E-state index in [4.69, 9.17) is 0 Å². The summed E-state index contributed by atoms with van der Waals surface area (Å²) in [5.74, 6) is 0.546. The molecule has 0 bridgehead atoms. The number of anilines is 1. The number of aromatic amines is 1. The van der Waals surface area contributed by atoms with Crippen LogP contribution < -0.4 is 10.5 Å². The molecular weight excluding hydrogens is 330 g/mol. The lowest BCUT2D eigenvalue weighted by atomic mass is 10.1. The molecule has 0 saturated carbocycles. The topological polar surface area (TPSA) is 74.2 Å². The van der Waals surface area contributed by atoms with Crippen LogP contribution in [0.5, 0.6) is 0 Å². The zero-order chi connectivity index (χ0) is 18.1. The lowest BCUT2D eigenvalue weighted by Gasteiger charge is -2.34. The Hall–Kier alpha value is -3.09. The van der Waals surface area contributed by atoms with Crippen molar-refractivity contribution in [1.29, 1.82) is 0 Å². The maximum Gasteiger partial charge on any atom is 0.290 e. The lowest BCUT2D eigenvalue weighted by molar-refractivity contribution is -0.130. The van der Waals surface area contributed by atoms with Gasteiger partial charge in [0.15, 0.2) is 5.82 Å². The van der Waals surface area contributed by atoms with E-state index in [0.717, 1.165) is 16.5 Å². The largest absolute Gasteiger partial charge is 0.350 e. The Bertz CT molecular complexity index is 998. The normalized spacial score (nSPS) is 14.8. The number of aryl methyl sites for hydroxylation is 1. The molecule has 7 nitrogen and oxygen atoms in total. The van der Waals surface area contributed by atoms with Gasteiger partial charge in [-0.15, -0.1) is 0 Å². The van der Waals surface area contributed by atoms with Gasteiger partial charge in [0.2, 0.25) is 5.91 Å². The smallest absolute Gasteiger partial charge is 0.290 e. The minimum Gasteiger partial charge on any atom is -0.350 e. The number of H-pyrrole nitrogens is 1. The molecule has 2 aromatic heterocycles. The SMILES string of the molecule is Cn1cc(CC(=O)N2CCN(c3ncc[nH]c3=O)CC2)c2ccccc21. The third-order valence-corrected chi connectivity index (χ3v) is 4.94. The number of nitrogens with zero attached hydrogens (tertiary/aromatic N) is 4. The minimum atomic E-state index is -0.192. The fraction of sp³-hybridized carbons (Fsp3) is 0.316. The molecule has 26 heavy (non-hydrogen) atoms. The van der Waals surface area contributed by atoms with E-state index in [1.807, 2.05) is 35.2 Å².